The number of fused-ring (bicyclic) bond motifs is 2. The maximum atomic E-state index is 12.6. The lowest BCUT2D eigenvalue weighted by Crippen LogP contribution is -2.54. The van der Waals surface area contributed by atoms with E-state index in [2.05, 4.69) is 17.4 Å². The Labute approximate surface area is 161 Å². The van der Waals surface area contributed by atoms with Gasteiger partial charge in [0.2, 0.25) is 0 Å². The van der Waals surface area contributed by atoms with Crippen molar-refractivity contribution in [1.29, 1.82) is 0 Å². The van der Waals surface area contributed by atoms with E-state index >= 15 is 0 Å². The van der Waals surface area contributed by atoms with Crippen molar-refractivity contribution in [3.8, 4) is 16.9 Å². The molecule has 2 saturated carbocycles. The number of carbonyl (C=O) groups excluding carboxylic acids is 1. The number of rotatable bonds is 5. The fourth-order valence-electron chi connectivity index (χ4n) is 4.84. The Morgan fingerprint density at radius 2 is 1.67 bits per heavy atom. The Kier molecular flexibility index (Phi) is 5.44. The topological polar surface area (TPSA) is 64.3 Å². The summed E-state index contributed by atoms with van der Waals surface area (Å²) in [7, 11) is 0. The highest BCUT2D eigenvalue weighted by Crippen LogP contribution is 2.39. The van der Waals surface area contributed by atoms with Crippen LogP contribution in [0.25, 0.3) is 11.1 Å². The van der Waals surface area contributed by atoms with Gasteiger partial charge < -0.3 is 15.8 Å². The van der Waals surface area contributed by atoms with Crippen LogP contribution in [0.4, 0.5) is 0 Å². The highest BCUT2D eigenvalue weighted by Gasteiger charge is 2.39. The third-order valence-corrected chi connectivity index (χ3v) is 6.03. The molecule has 27 heavy (non-hydrogen) atoms. The van der Waals surface area contributed by atoms with E-state index in [1.807, 2.05) is 42.5 Å². The van der Waals surface area contributed by atoms with Gasteiger partial charge in [0.25, 0.3) is 5.91 Å². The van der Waals surface area contributed by atoms with Crippen LogP contribution in [-0.2, 0) is 4.79 Å². The molecule has 2 aromatic carbocycles. The van der Waals surface area contributed by atoms with E-state index in [0.29, 0.717) is 17.9 Å². The summed E-state index contributed by atoms with van der Waals surface area (Å²) in [5, 5.41) is 3.25. The van der Waals surface area contributed by atoms with Gasteiger partial charge in [0.1, 0.15) is 5.75 Å². The number of benzene rings is 2. The molecule has 1 amide bonds. The van der Waals surface area contributed by atoms with Crippen molar-refractivity contribution in [1.82, 2.24) is 5.32 Å². The first-order chi connectivity index (χ1) is 13.2. The van der Waals surface area contributed by atoms with Gasteiger partial charge in [0, 0.05) is 17.6 Å². The van der Waals surface area contributed by atoms with E-state index < -0.39 is 0 Å². The minimum atomic E-state index is -0.0322. The van der Waals surface area contributed by atoms with Crippen LogP contribution in [0, 0.1) is 11.8 Å². The van der Waals surface area contributed by atoms with Crippen LogP contribution < -0.4 is 15.8 Å². The van der Waals surface area contributed by atoms with Crippen LogP contribution in [0.5, 0.6) is 5.75 Å². The van der Waals surface area contributed by atoms with E-state index in [-0.39, 0.29) is 18.6 Å². The van der Waals surface area contributed by atoms with Crippen LogP contribution in [0.2, 0.25) is 0 Å². The van der Waals surface area contributed by atoms with Crippen molar-refractivity contribution < 1.29 is 9.53 Å². The van der Waals surface area contributed by atoms with E-state index in [9.17, 15) is 4.79 Å². The summed E-state index contributed by atoms with van der Waals surface area (Å²) in [4.78, 5) is 12.6. The Balaban J connectivity index is 1.39. The van der Waals surface area contributed by atoms with Crippen molar-refractivity contribution >= 4 is 5.91 Å². The first kappa shape index (κ1) is 18.1. The van der Waals surface area contributed by atoms with Gasteiger partial charge in [-0.1, -0.05) is 55.0 Å². The van der Waals surface area contributed by atoms with Gasteiger partial charge in [-0.2, -0.15) is 0 Å². The number of ether oxygens (including phenoxy) is 1. The molecule has 0 heterocycles. The van der Waals surface area contributed by atoms with E-state index in [0.717, 1.165) is 29.7 Å². The normalized spacial score (nSPS) is 27.0. The highest BCUT2D eigenvalue weighted by molar-refractivity contribution is 5.78. The quantitative estimate of drug-likeness (QED) is 0.849. The maximum Gasteiger partial charge on any atom is 0.258 e. The molecule has 0 saturated heterocycles. The van der Waals surface area contributed by atoms with Crippen molar-refractivity contribution in [3.63, 3.8) is 0 Å². The molecule has 3 N–H and O–H groups in total. The summed E-state index contributed by atoms with van der Waals surface area (Å²) in [6.45, 7) is 0.0475. The van der Waals surface area contributed by atoms with Gasteiger partial charge in [-0.25, -0.2) is 0 Å². The van der Waals surface area contributed by atoms with Crippen molar-refractivity contribution in [3.05, 3.63) is 54.6 Å². The first-order valence-corrected chi connectivity index (χ1v) is 10.0. The lowest BCUT2D eigenvalue weighted by molar-refractivity contribution is -0.125. The van der Waals surface area contributed by atoms with Crippen molar-refractivity contribution in [2.45, 2.75) is 44.2 Å². The fraction of sp³-hybridized carbons (Fsp3) is 0.435. The molecular formula is C23H28N2O2. The largest absolute Gasteiger partial charge is 0.483 e. The zero-order valence-electron chi connectivity index (χ0n) is 15.6. The number of para-hydroxylation sites is 1. The minimum Gasteiger partial charge on any atom is -0.483 e. The third-order valence-electron chi connectivity index (χ3n) is 6.03. The number of nitrogens with one attached hydrogen (secondary N) is 1. The van der Waals surface area contributed by atoms with Crippen molar-refractivity contribution in [2.24, 2.45) is 17.6 Å². The van der Waals surface area contributed by atoms with Crippen LogP contribution >= 0.6 is 0 Å². The molecule has 142 valence electrons. The van der Waals surface area contributed by atoms with Gasteiger partial charge in [0.05, 0.1) is 0 Å². The van der Waals surface area contributed by atoms with E-state index in [4.69, 9.17) is 10.5 Å². The number of nitrogens with two attached hydrogens (primary N) is 1. The van der Waals surface area contributed by atoms with Gasteiger partial charge in [-0.05, 0) is 49.1 Å². The van der Waals surface area contributed by atoms with Gasteiger partial charge in [-0.15, -0.1) is 0 Å². The van der Waals surface area contributed by atoms with E-state index in [1.54, 1.807) is 0 Å². The minimum absolute atomic E-state index is 0.0322. The summed E-state index contributed by atoms with van der Waals surface area (Å²) in [5.41, 5.74) is 8.28. The molecule has 4 rings (SSSR count). The smallest absolute Gasteiger partial charge is 0.258 e. The monoisotopic (exact) mass is 364 g/mol. The molecule has 0 spiro atoms. The highest BCUT2D eigenvalue weighted by atomic mass is 16.5. The van der Waals surface area contributed by atoms with Gasteiger partial charge in [0.15, 0.2) is 6.61 Å². The SMILES string of the molecule is NC1CC2CCCC(C1)C2NC(=O)COc1ccccc1-c1ccccc1. The number of carbonyl (C=O) groups is 1. The zero-order chi connectivity index (χ0) is 18.6. The van der Waals surface area contributed by atoms with Crippen molar-refractivity contribution in [2.75, 3.05) is 6.61 Å². The molecular weight excluding hydrogens is 336 g/mol. The molecule has 4 nitrogen and oxygen atoms in total. The van der Waals surface area contributed by atoms with Crippen LogP contribution in [-0.4, -0.2) is 24.6 Å². The predicted octanol–water partition coefficient (Wildman–Crippen LogP) is 3.75. The average Bonchev–Trinajstić information content (AvgIpc) is 2.68. The average molecular weight is 364 g/mol. The fourth-order valence-corrected chi connectivity index (χ4v) is 4.84. The first-order valence-electron chi connectivity index (χ1n) is 10.0. The third kappa shape index (κ3) is 4.16. The standard InChI is InChI=1S/C23H28N2O2/c24-19-13-17-9-6-10-18(14-19)23(17)25-22(26)15-27-21-12-5-4-11-20(21)16-7-2-1-3-8-16/h1-5,7-8,11-12,17-19,23H,6,9-10,13-15,24H2,(H,25,26). The summed E-state index contributed by atoms with van der Waals surface area (Å²) in [6.07, 6.45) is 5.66. The molecule has 2 aliphatic rings. The second-order valence-corrected chi connectivity index (χ2v) is 7.93. The van der Waals surface area contributed by atoms with Gasteiger partial charge >= 0.3 is 0 Å². The Hall–Kier alpha value is -2.33. The molecule has 0 aromatic heterocycles. The molecule has 2 aromatic rings. The second-order valence-electron chi connectivity index (χ2n) is 7.93. The number of hydrogen-bond acceptors (Lipinski definition) is 3. The second kappa shape index (κ2) is 8.13. The summed E-state index contributed by atoms with van der Waals surface area (Å²) >= 11 is 0. The maximum absolute atomic E-state index is 12.6. The molecule has 2 atom stereocenters. The molecule has 2 unspecified atom stereocenters. The summed E-state index contributed by atoms with van der Waals surface area (Å²) < 4.78 is 5.90. The molecule has 2 aliphatic carbocycles. The summed E-state index contributed by atoms with van der Waals surface area (Å²) in [6, 6.07) is 18.5. The molecule has 4 heteroatoms. The molecule has 2 bridgehead atoms. The lowest BCUT2D eigenvalue weighted by Gasteiger charge is -2.45. The van der Waals surface area contributed by atoms with E-state index in [1.165, 1.54) is 19.3 Å². The van der Waals surface area contributed by atoms with Crippen LogP contribution in [0.3, 0.4) is 0 Å². The number of hydrogen-bond donors (Lipinski definition) is 2. The lowest BCUT2D eigenvalue weighted by atomic mass is 9.67. The Morgan fingerprint density at radius 1 is 1.00 bits per heavy atom. The Morgan fingerprint density at radius 3 is 2.41 bits per heavy atom. The zero-order valence-corrected chi connectivity index (χ0v) is 15.6. The van der Waals surface area contributed by atoms with Crippen LogP contribution in [0.1, 0.15) is 32.1 Å². The number of amides is 1. The summed E-state index contributed by atoms with van der Waals surface area (Å²) in [5.74, 6) is 1.75. The molecule has 0 aliphatic heterocycles. The van der Waals surface area contributed by atoms with Gasteiger partial charge in [-0.3, -0.25) is 4.79 Å². The van der Waals surface area contributed by atoms with Crippen LogP contribution in [0.15, 0.2) is 54.6 Å². The predicted molar refractivity (Wildman–Crippen MR) is 107 cm³/mol. The molecule has 0 radical (unpaired) electrons. The Bertz CT molecular complexity index is 763. The molecule has 2 fully saturated rings.